The van der Waals surface area contributed by atoms with Crippen LogP contribution in [0.15, 0.2) is 24.3 Å². The minimum Gasteiger partial charge on any atom is -0.444 e. The molecule has 7 nitrogen and oxygen atoms in total. The molecule has 1 aromatic rings. The molecule has 0 radical (unpaired) electrons. The minimum atomic E-state index is -0.855. The molecule has 3 amide bonds. The third kappa shape index (κ3) is 9.14. The predicted molar refractivity (Wildman–Crippen MR) is 146 cm³/mol. The van der Waals surface area contributed by atoms with Gasteiger partial charge in [-0.05, 0) is 70.9 Å². The molecule has 0 heterocycles. The van der Waals surface area contributed by atoms with Gasteiger partial charge in [0.15, 0.2) is 0 Å². The molecule has 1 rings (SSSR count). The van der Waals surface area contributed by atoms with E-state index in [0.717, 1.165) is 30.4 Å². The number of hydrogen-bond acceptors (Lipinski definition) is 4. The van der Waals surface area contributed by atoms with Gasteiger partial charge in [0.25, 0.3) is 0 Å². The smallest absolute Gasteiger partial charge is 0.408 e. The zero-order chi connectivity index (χ0) is 27.7. The van der Waals surface area contributed by atoms with E-state index in [2.05, 4.69) is 24.5 Å². The number of amides is 3. The number of carbonyl (C=O) groups is 3. The highest BCUT2D eigenvalue weighted by Gasteiger charge is 2.43. The van der Waals surface area contributed by atoms with Crippen LogP contribution in [0.5, 0.6) is 0 Å². The fourth-order valence-electron chi connectivity index (χ4n) is 3.88. The first-order valence-corrected chi connectivity index (χ1v) is 13.4. The van der Waals surface area contributed by atoms with Crippen molar-refractivity contribution in [1.82, 2.24) is 15.5 Å². The molecule has 2 N–H and O–H groups in total. The molecule has 0 aliphatic carbocycles. The first kappa shape index (κ1) is 31.5. The van der Waals surface area contributed by atoms with E-state index in [4.69, 9.17) is 4.74 Å². The Labute approximate surface area is 218 Å². The monoisotopic (exact) mass is 503 g/mol. The summed E-state index contributed by atoms with van der Waals surface area (Å²) in [6, 6.07) is 6.18. The molecule has 7 heteroatoms. The van der Waals surface area contributed by atoms with E-state index in [1.807, 2.05) is 58.9 Å². The maximum Gasteiger partial charge on any atom is 0.408 e. The molecule has 0 saturated heterocycles. The summed E-state index contributed by atoms with van der Waals surface area (Å²) in [5.41, 5.74) is 0.550. The Morgan fingerprint density at radius 1 is 0.972 bits per heavy atom. The fourth-order valence-corrected chi connectivity index (χ4v) is 3.88. The van der Waals surface area contributed by atoms with Crippen LogP contribution in [0.3, 0.4) is 0 Å². The summed E-state index contributed by atoms with van der Waals surface area (Å²) in [5, 5.41) is 5.82. The largest absolute Gasteiger partial charge is 0.444 e. The Morgan fingerprint density at radius 3 is 2.00 bits per heavy atom. The molecule has 1 aromatic carbocycles. The van der Waals surface area contributed by atoms with Crippen LogP contribution < -0.4 is 10.6 Å². The van der Waals surface area contributed by atoms with Crippen molar-refractivity contribution >= 4 is 17.9 Å². The second-order valence-electron chi connectivity index (χ2n) is 11.4. The number of unbranched alkanes of at least 4 members (excludes halogenated alkanes) is 1. The van der Waals surface area contributed by atoms with Gasteiger partial charge in [-0.25, -0.2) is 4.79 Å². The van der Waals surface area contributed by atoms with Gasteiger partial charge < -0.3 is 20.3 Å². The lowest BCUT2D eigenvalue weighted by molar-refractivity contribution is -0.150. The van der Waals surface area contributed by atoms with Crippen molar-refractivity contribution in [2.75, 3.05) is 6.54 Å². The summed E-state index contributed by atoms with van der Waals surface area (Å²) in [6.45, 7) is 19.7. The van der Waals surface area contributed by atoms with Gasteiger partial charge >= 0.3 is 6.09 Å². The highest BCUT2D eigenvalue weighted by Crippen LogP contribution is 2.33. The van der Waals surface area contributed by atoms with E-state index in [9.17, 15) is 14.4 Å². The zero-order valence-electron chi connectivity index (χ0n) is 24.2. The van der Waals surface area contributed by atoms with Crippen LogP contribution in [0, 0.1) is 5.92 Å². The van der Waals surface area contributed by atoms with Crippen LogP contribution in [-0.2, 0) is 20.7 Å². The predicted octanol–water partition coefficient (Wildman–Crippen LogP) is 5.77. The molecule has 204 valence electrons. The highest BCUT2D eigenvalue weighted by atomic mass is 16.6. The van der Waals surface area contributed by atoms with Crippen molar-refractivity contribution in [3.05, 3.63) is 35.4 Å². The summed E-state index contributed by atoms with van der Waals surface area (Å²) in [4.78, 5) is 42.2. The first-order valence-electron chi connectivity index (χ1n) is 13.4. The topological polar surface area (TPSA) is 87.7 Å². The molecule has 0 saturated carbocycles. The second kappa shape index (κ2) is 13.7. The van der Waals surface area contributed by atoms with Crippen LogP contribution in [-0.4, -0.2) is 46.5 Å². The van der Waals surface area contributed by atoms with Crippen LogP contribution in [0.25, 0.3) is 0 Å². The quantitative estimate of drug-likeness (QED) is 0.354. The number of nitrogens with one attached hydrogen (secondary N) is 2. The molecule has 0 spiro atoms. The Morgan fingerprint density at radius 2 is 1.56 bits per heavy atom. The van der Waals surface area contributed by atoms with E-state index in [1.165, 1.54) is 0 Å². The van der Waals surface area contributed by atoms with Crippen molar-refractivity contribution in [3.63, 3.8) is 0 Å². The normalized spacial score (nSPS) is 13.6. The summed E-state index contributed by atoms with van der Waals surface area (Å²) >= 11 is 0. The number of aryl methyl sites for hydroxylation is 1. The molecule has 0 bridgehead atoms. The molecule has 2 atom stereocenters. The number of benzene rings is 1. The van der Waals surface area contributed by atoms with Gasteiger partial charge in [-0.2, -0.15) is 0 Å². The molecular formula is C29H49N3O4. The van der Waals surface area contributed by atoms with Gasteiger partial charge in [0, 0.05) is 12.1 Å². The van der Waals surface area contributed by atoms with Gasteiger partial charge in [-0.15, -0.1) is 0 Å². The van der Waals surface area contributed by atoms with E-state index >= 15 is 0 Å². The van der Waals surface area contributed by atoms with Crippen LogP contribution in [0.1, 0.15) is 106 Å². The van der Waals surface area contributed by atoms with Crippen LogP contribution in [0.4, 0.5) is 4.79 Å². The van der Waals surface area contributed by atoms with Crippen LogP contribution in [0.2, 0.25) is 0 Å². The summed E-state index contributed by atoms with van der Waals surface area (Å²) < 4.78 is 5.44. The van der Waals surface area contributed by atoms with Gasteiger partial charge in [0.1, 0.15) is 17.7 Å². The lowest BCUT2D eigenvalue weighted by Gasteiger charge is -2.45. The van der Waals surface area contributed by atoms with Crippen LogP contribution >= 0.6 is 0 Å². The third-order valence-corrected chi connectivity index (χ3v) is 6.40. The van der Waals surface area contributed by atoms with E-state index in [0.29, 0.717) is 13.0 Å². The maximum absolute atomic E-state index is 14.2. The van der Waals surface area contributed by atoms with E-state index in [-0.39, 0.29) is 17.7 Å². The Bertz CT molecular complexity index is 856. The van der Waals surface area contributed by atoms with Crippen molar-refractivity contribution < 1.29 is 19.1 Å². The van der Waals surface area contributed by atoms with Gasteiger partial charge in [-0.1, -0.05) is 65.3 Å². The third-order valence-electron chi connectivity index (χ3n) is 6.40. The fraction of sp³-hybridized carbons (Fsp3) is 0.690. The minimum absolute atomic E-state index is 0.216. The first-order chi connectivity index (χ1) is 16.7. The number of alkyl carbamates (subject to hydrolysis) is 1. The lowest BCUT2D eigenvalue weighted by atomic mass is 9.90. The lowest BCUT2D eigenvalue weighted by Crippen LogP contribution is -2.60. The van der Waals surface area contributed by atoms with Gasteiger partial charge in [-0.3, -0.25) is 9.59 Å². The number of hydrogen-bond donors (Lipinski definition) is 2. The molecule has 36 heavy (non-hydrogen) atoms. The SMILES string of the molecule is CCCCNC(=O)C(c1ccc(CC)cc1)N(C(=O)C(NC(=O)OC(C)(C)C)C(C)C)C(C)(C)CC. The highest BCUT2D eigenvalue weighted by molar-refractivity contribution is 5.92. The van der Waals surface area contributed by atoms with Crippen molar-refractivity contribution in [2.45, 2.75) is 118 Å². The average molecular weight is 504 g/mol. The van der Waals surface area contributed by atoms with E-state index in [1.54, 1.807) is 25.7 Å². The van der Waals surface area contributed by atoms with Crippen molar-refractivity contribution in [1.29, 1.82) is 0 Å². The maximum atomic E-state index is 14.2. The Balaban J connectivity index is 3.57. The number of nitrogens with zero attached hydrogens (tertiary/aromatic N) is 1. The number of rotatable bonds is 12. The Kier molecular flexibility index (Phi) is 11.9. The van der Waals surface area contributed by atoms with Gasteiger partial charge in [0.05, 0.1) is 0 Å². The summed E-state index contributed by atoms with van der Waals surface area (Å²) in [6.07, 6.45) is 2.66. The summed E-state index contributed by atoms with van der Waals surface area (Å²) in [7, 11) is 0. The standard InChI is InChI=1S/C29H49N3O4/c1-11-14-19-30-25(33)24(22-17-15-21(12-2)16-18-22)32(29(9,10)13-3)26(34)23(20(4)5)31-27(35)36-28(6,7)8/h15-18,20,23-24H,11-14,19H2,1-10H3,(H,30,33)(H,31,35). The molecule has 2 unspecified atom stereocenters. The molecule has 0 aromatic heterocycles. The molecular weight excluding hydrogens is 454 g/mol. The summed E-state index contributed by atoms with van der Waals surface area (Å²) in [5.74, 6) is -0.744. The van der Waals surface area contributed by atoms with Crippen molar-refractivity contribution in [2.24, 2.45) is 5.92 Å². The molecule has 0 aliphatic rings. The Hall–Kier alpha value is -2.57. The zero-order valence-corrected chi connectivity index (χ0v) is 24.2. The molecule has 0 aliphatic heterocycles. The van der Waals surface area contributed by atoms with Gasteiger partial charge in [0.2, 0.25) is 11.8 Å². The second-order valence-corrected chi connectivity index (χ2v) is 11.4. The van der Waals surface area contributed by atoms with Crippen molar-refractivity contribution in [3.8, 4) is 0 Å². The molecule has 0 fully saturated rings. The van der Waals surface area contributed by atoms with E-state index < -0.39 is 29.3 Å². The average Bonchev–Trinajstić information content (AvgIpc) is 2.79. The number of ether oxygens (including phenoxy) is 1. The number of carbonyl (C=O) groups excluding carboxylic acids is 3.